The van der Waals surface area contributed by atoms with E-state index < -0.39 is 17.2 Å². The third-order valence-electron chi connectivity index (χ3n) is 6.21. The average molecular weight is 415 g/mol. The quantitative estimate of drug-likeness (QED) is 0.654. The second-order valence-electron chi connectivity index (χ2n) is 7.80. The molecule has 0 fully saturated rings. The Bertz CT molecular complexity index is 1480. The van der Waals surface area contributed by atoms with Gasteiger partial charge in [-0.15, -0.1) is 0 Å². The fourth-order valence-corrected chi connectivity index (χ4v) is 4.68. The second-order valence-corrected chi connectivity index (χ2v) is 7.80. The predicted molar refractivity (Wildman–Crippen MR) is 113 cm³/mol. The van der Waals surface area contributed by atoms with E-state index in [1.54, 1.807) is 25.2 Å². The summed E-state index contributed by atoms with van der Waals surface area (Å²) in [7, 11) is 3.05. The molecular weight excluding hydrogens is 398 g/mol. The number of allylic oxidation sites excluding steroid dienone is 1. The number of hydrogen-bond donors (Lipinski definition) is 1. The Morgan fingerprint density at radius 2 is 1.68 bits per heavy atom. The van der Waals surface area contributed by atoms with Crippen LogP contribution in [0.5, 0.6) is 11.5 Å². The van der Waals surface area contributed by atoms with E-state index in [1.807, 2.05) is 24.3 Å². The first kappa shape index (κ1) is 17.8. The number of rotatable bonds is 1. The Balaban J connectivity index is 1.70. The molecule has 6 rings (SSSR count). The van der Waals surface area contributed by atoms with Gasteiger partial charge in [0.15, 0.2) is 17.3 Å². The number of nitrogens with one attached hydrogen (secondary N) is 1. The number of ketones is 1. The van der Waals surface area contributed by atoms with Crippen LogP contribution in [0.3, 0.4) is 0 Å². The van der Waals surface area contributed by atoms with Crippen LogP contribution in [0.25, 0.3) is 5.70 Å². The topological polar surface area (TPSA) is 91.6 Å². The molecule has 1 N–H and O–H groups in total. The van der Waals surface area contributed by atoms with Gasteiger partial charge in [0.2, 0.25) is 6.79 Å². The molecule has 8 nitrogen and oxygen atoms in total. The summed E-state index contributed by atoms with van der Waals surface area (Å²) in [5, 5.41) is 3.23. The third kappa shape index (κ3) is 2.21. The Kier molecular flexibility index (Phi) is 3.42. The van der Waals surface area contributed by atoms with Crippen molar-refractivity contribution in [1.29, 1.82) is 0 Å². The smallest absolute Gasteiger partial charge is 0.332 e. The number of aromatic nitrogens is 2. The normalized spacial score (nSPS) is 17.9. The number of anilines is 1. The molecule has 2 aliphatic heterocycles. The van der Waals surface area contributed by atoms with Gasteiger partial charge in [-0.25, -0.2) is 4.79 Å². The monoisotopic (exact) mass is 415 g/mol. The number of carbonyl (C=O) groups is 1. The molecule has 154 valence electrons. The van der Waals surface area contributed by atoms with E-state index in [1.165, 1.54) is 11.6 Å². The Labute approximate surface area is 176 Å². The van der Waals surface area contributed by atoms with Gasteiger partial charge in [0.05, 0.1) is 11.3 Å². The molecule has 0 unspecified atom stereocenters. The van der Waals surface area contributed by atoms with Crippen LogP contribution >= 0.6 is 0 Å². The van der Waals surface area contributed by atoms with Crippen molar-refractivity contribution in [3.63, 3.8) is 0 Å². The van der Waals surface area contributed by atoms with Crippen LogP contribution in [-0.4, -0.2) is 21.7 Å². The highest BCUT2D eigenvalue weighted by molar-refractivity contribution is 6.23. The van der Waals surface area contributed by atoms with Gasteiger partial charge in [-0.05, 0) is 17.7 Å². The molecule has 0 saturated carbocycles. The summed E-state index contributed by atoms with van der Waals surface area (Å²) in [6.07, 6.45) is 0. The number of hydrogen-bond acceptors (Lipinski definition) is 6. The van der Waals surface area contributed by atoms with Crippen molar-refractivity contribution in [2.45, 2.75) is 5.92 Å². The fraction of sp³-hybridized carbons (Fsp3) is 0.174. The van der Waals surface area contributed by atoms with E-state index in [0.29, 0.717) is 39.7 Å². The molecule has 1 aliphatic carbocycles. The van der Waals surface area contributed by atoms with Crippen molar-refractivity contribution in [1.82, 2.24) is 9.13 Å². The molecule has 2 aromatic carbocycles. The lowest BCUT2D eigenvalue weighted by Gasteiger charge is -2.29. The van der Waals surface area contributed by atoms with Crippen LogP contribution in [0.1, 0.15) is 33.0 Å². The summed E-state index contributed by atoms with van der Waals surface area (Å²) >= 11 is 0. The molecule has 31 heavy (non-hydrogen) atoms. The highest BCUT2D eigenvalue weighted by Gasteiger charge is 2.43. The van der Waals surface area contributed by atoms with Crippen molar-refractivity contribution < 1.29 is 14.3 Å². The zero-order valence-electron chi connectivity index (χ0n) is 16.8. The maximum Gasteiger partial charge on any atom is 0.332 e. The first-order valence-electron chi connectivity index (χ1n) is 9.82. The molecule has 1 aromatic heterocycles. The van der Waals surface area contributed by atoms with E-state index in [2.05, 4.69) is 5.32 Å². The van der Waals surface area contributed by atoms with Gasteiger partial charge in [0, 0.05) is 36.7 Å². The molecule has 0 radical (unpaired) electrons. The first-order valence-corrected chi connectivity index (χ1v) is 9.82. The molecule has 3 aliphatic rings. The maximum absolute atomic E-state index is 13.5. The van der Waals surface area contributed by atoms with Gasteiger partial charge >= 0.3 is 5.69 Å². The minimum Gasteiger partial charge on any atom is -0.454 e. The SMILES string of the molecule is Cn1c2c(c(=O)n(C)c1=O)[C@@H](c1ccc3c(c1)OCO3)C1=C(N2)c2ccccc2C1=O. The summed E-state index contributed by atoms with van der Waals surface area (Å²) in [6.45, 7) is 0.121. The lowest BCUT2D eigenvalue weighted by molar-refractivity contribution is 0.103. The molecule has 0 bridgehead atoms. The molecule has 1 atom stereocenters. The highest BCUT2D eigenvalue weighted by atomic mass is 16.7. The molecule has 3 aromatic rings. The van der Waals surface area contributed by atoms with Crippen LogP contribution in [-0.2, 0) is 14.1 Å². The van der Waals surface area contributed by atoms with Crippen LogP contribution in [0.2, 0.25) is 0 Å². The summed E-state index contributed by atoms with van der Waals surface area (Å²) in [4.78, 5) is 39.4. The standard InChI is InChI=1S/C23H17N3O5/c1-25-21-18(22(28)26(2)23(25)29)16(11-7-8-14-15(9-11)31-10-30-14)17-19(24-21)12-5-3-4-6-13(12)20(17)27/h3-9,16,24H,10H2,1-2H3/t16-/m0/s1. The molecule has 0 saturated heterocycles. The van der Waals surface area contributed by atoms with Gasteiger partial charge in [-0.1, -0.05) is 30.3 Å². The molecule has 8 heteroatoms. The summed E-state index contributed by atoms with van der Waals surface area (Å²) in [6, 6.07) is 12.7. The van der Waals surface area contributed by atoms with Crippen molar-refractivity contribution in [2.24, 2.45) is 14.1 Å². The predicted octanol–water partition coefficient (Wildman–Crippen LogP) is 1.98. The Hall–Kier alpha value is -4.07. The van der Waals surface area contributed by atoms with Gasteiger partial charge in [0.25, 0.3) is 5.56 Å². The van der Waals surface area contributed by atoms with E-state index in [0.717, 1.165) is 15.7 Å². The zero-order valence-corrected chi connectivity index (χ0v) is 16.8. The lowest BCUT2D eigenvalue weighted by Crippen LogP contribution is -2.42. The van der Waals surface area contributed by atoms with E-state index >= 15 is 0 Å². The van der Waals surface area contributed by atoms with Crippen LogP contribution in [0.4, 0.5) is 5.82 Å². The van der Waals surface area contributed by atoms with Gasteiger partial charge in [0.1, 0.15) is 5.82 Å². The number of Topliss-reactive ketones (excluding diaryl/α,β-unsaturated/α-hetero) is 1. The van der Waals surface area contributed by atoms with Crippen LogP contribution in [0, 0.1) is 0 Å². The first-order chi connectivity index (χ1) is 15.0. The largest absolute Gasteiger partial charge is 0.454 e. The Morgan fingerprint density at radius 1 is 0.935 bits per heavy atom. The van der Waals surface area contributed by atoms with Crippen LogP contribution in [0.15, 0.2) is 57.6 Å². The highest BCUT2D eigenvalue weighted by Crippen LogP contribution is 2.49. The summed E-state index contributed by atoms with van der Waals surface area (Å²) < 4.78 is 13.4. The second kappa shape index (κ2) is 5.98. The molecule has 3 heterocycles. The third-order valence-corrected chi connectivity index (χ3v) is 6.21. The average Bonchev–Trinajstić information content (AvgIpc) is 3.37. The molecular formula is C23H17N3O5. The van der Waals surface area contributed by atoms with Crippen molar-refractivity contribution in [2.75, 3.05) is 12.1 Å². The molecule has 0 spiro atoms. The van der Waals surface area contributed by atoms with Gasteiger partial charge < -0.3 is 14.8 Å². The van der Waals surface area contributed by atoms with E-state index in [-0.39, 0.29) is 12.6 Å². The van der Waals surface area contributed by atoms with Crippen LogP contribution < -0.4 is 26.0 Å². The number of carbonyl (C=O) groups excluding carboxylic acids is 1. The molecule has 0 amide bonds. The van der Waals surface area contributed by atoms with E-state index in [4.69, 9.17) is 9.47 Å². The number of ether oxygens (including phenoxy) is 2. The number of benzene rings is 2. The van der Waals surface area contributed by atoms with Crippen molar-refractivity contribution in [3.8, 4) is 11.5 Å². The van der Waals surface area contributed by atoms with Gasteiger partial charge in [-0.3, -0.25) is 18.7 Å². The Morgan fingerprint density at radius 3 is 2.48 bits per heavy atom. The number of nitrogens with zero attached hydrogens (tertiary/aromatic N) is 2. The zero-order chi connectivity index (χ0) is 21.4. The fourth-order valence-electron chi connectivity index (χ4n) is 4.68. The lowest BCUT2D eigenvalue weighted by atomic mass is 9.81. The number of fused-ring (bicyclic) bond motifs is 4. The van der Waals surface area contributed by atoms with E-state index in [9.17, 15) is 14.4 Å². The van der Waals surface area contributed by atoms with Crippen molar-refractivity contribution in [3.05, 3.63) is 91.1 Å². The maximum atomic E-state index is 13.5. The van der Waals surface area contributed by atoms with Gasteiger partial charge in [-0.2, -0.15) is 0 Å². The minimum absolute atomic E-state index is 0.121. The summed E-state index contributed by atoms with van der Waals surface area (Å²) in [5.74, 6) is 0.762. The summed E-state index contributed by atoms with van der Waals surface area (Å²) in [5.41, 5.74) is 2.63. The van der Waals surface area contributed by atoms with Crippen molar-refractivity contribution >= 4 is 17.3 Å². The minimum atomic E-state index is -0.661.